The number of nitrogens with zero attached hydrogens (tertiary/aromatic N) is 1. The first kappa shape index (κ1) is 26.2. The zero-order chi connectivity index (χ0) is 24.9. The van der Waals surface area contributed by atoms with Crippen molar-refractivity contribution in [2.24, 2.45) is 0 Å². The van der Waals surface area contributed by atoms with E-state index in [1.54, 1.807) is 6.92 Å². The maximum absolute atomic E-state index is 12.8. The van der Waals surface area contributed by atoms with Gasteiger partial charge in [0.2, 0.25) is 0 Å². The molecule has 6 nitrogen and oxygen atoms in total. The number of aromatic nitrogens is 2. The minimum Gasteiger partial charge on any atom is -0.414 e. The Kier molecular flexibility index (Phi) is 8.41. The Bertz CT molecular complexity index is 1200. The van der Waals surface area contributed by atoms with Gasteiger partial charge in [-0.2, -0.15) is 0 Å². The van der Waals surface area contributed by atoms with Crippen LogP contribution in [0.1, 0.15) is 38.0 Å². The third kappa shape index (κ3) is 6.38. The summed E-state index contributed by atoms with van der Waals surface area (Å²) in [5, 5.41) is 0.637. The summed E-state index contributed by atoms with van der Waals surface area (Å²) in [7, 11) is -2.00. The Hall–Kier alpha value is -2.39. The van der Waals surface area contributed by atoms with E-state index in [9.17, 15) is 9.59 Å². The molecule has 1 N–H and O–H groups in total. The monoisotopic (exact) mass is 498 g/mol. The highest BCUT2D eigenvalue weighted by Crippen LogP contribution is 2.37. The first-order valence-electron chi connectivity index (χ1n) is 11.4. The van der Waals surface area contributed by atoms with E-state index < -0.39 is 14.0 Å². The fraction of sp³-hybridized carbons (Fsp3) is 0.385. The number of aromatic amines is 1. The van der Waals surface area contributed by atoms with Crippen LogP contribution in [0.25, 0.3) is 0 Å². The molecule has 0 bridgehead atoms. The lowest BCUT2D eigenvalue weighted by molar-refractivity contribution is -0.0276. The van der Waals surface area contributed by atoms with Gasteiger partial charge in [-0.25, -0.2) is 4.79 Å². The molecule has 3 aromatic rings. The molecule has 8 heteroatoms. The average molecular weight is 499 g/mol. The fourth-order valence-electron chi connectivity index (χ4n) is 3.07. The predicted molar refractivity (Wildman–Crippen MR) is 140 cm³/mol. The van der Waals surface area contributed by atoms with Crippen LogP contribution in [-0.2, 0) is 15.9 Å². The molecule has 3 rings (SSSR count). The molecule has 0 radical (unpaired) electrons. The zero-order valence-corrected chi connectivity index (χ0v) is 22.6. The summed E-state index contributed by atoms with van der Waals surface area (Å²) in [5.74, 6) is 0. The Morgan fingerprint density at radius 2 is 1.59 bits per heavy atom. The molecule has 34 heavy (non-hydrogen) atoms. The van der Waals surface area contributed by atoms with E-state index in [-0.39, 0.29) is 23.4 Å². The lowest BCUT2D eigenvalue weighted by atomic mass is 10.1. The highest BCUT2D eigenvalue weighted by molar-refractivity contribution is 7.99. The minimum atomic E-state index is -2.00. The van der Waals surface area contributed by atoms with Gasteiger partial charge in [-0.3, -0.25) is 14.3 Å². The third-order valence-corrected chi connectivity index (χ3v) is 12.0. The summed E-state index contributed by atoms with van der Waals surface area (Å²) in [5.41, 5.74) is 0.574. The van der Waals surface area contributed by atoms with Gasteiger partial charge in [0, 0.05) is 10.5 Å². The molecular weight excluding hydrogens is 464 g/mol. The molecule has 0 fully saturated rings. The second-order valence-corrected chi connectivity index (χ2v) is 15.7. The SMILES string of the molecule is Cc1c(Sc2ccccc2)n(COC(CO[Si](C)(C)C(C)(C)C)c2ccccc2)c(=O)[nH]c1=O. The largest absolute Gasteiger partial charge is 0.414 e. The van der Waals surface area contributed by atoms with Gasteiger partial charge in [0.1, 0.15) is 12.8 Å². The van der Waals surface area contributed by atoms with Crippen LogP contribution >= 0.6 is 11.8 Å². The van der Waals surface area contributed by atoms with E-state index in [2.05, 4.69) is 38.8 Å². The second-order valence-electron chi connectivity index (χ2n) is 9.80. The van der Waals surface area contributed by atoms with Crippen molar-refractivity contribution in [2.75, 3.05) is 6.61 Å². The van der Waals surface area contributed by atoms with Crippen molar-refractivity contribution < 1.29 is 9.16 Å². The smallest absolute Gasteiger partial charge is 0.331 e. The maximum Gasteiger partial charge on any atom is 0.331 e. The quantitative estimate of drug-likeness (QED) is 0.301. The molecule has 0 spiro atoms. The molecule has 0 aliphatic rings. The number of benzene rings is 2. The lowest BCUT2D eigenvalue weighted by Gasteiger charge is -2.37. The molecule has 2 aromatic carbocycles. The van der Waals surface area contributed by atoms with Crippen molar-refractivity contribution in [1.82, 2.24) is 9.55 Å². The molecule has 0 aliphatic carbocycles. The van der Waals surface area contributed by atoms with Gasteiger partial charge in [0.05, 0.1) is 11.6 Å². The summed E-state index contributed by atoms with van der Waals surface area (Å²) in [6, 6.07) is 19.6. The van der Waals surface area contributed by atoms with Crippen LogP contribution in [-0.4, -0.2) is 24.5 Å². The fourth-order valence-corrected chi connectivity index (χ4v) is 5.08. The maximum atomic E-state index is 12.8. The molecule has 0 amide bonds. The van der Waals surface area contributed by atoms with Crippen LogP contribution in [0.4, 0.5) is 0 Å². The number of hydrogen-bond acceptors (Lipinski definition) is 5. The number of nitrogens with one attached hydrogen (secondary N) is 1. The summed E-state index contributed by atoms with van der Waals surface area (Å²) in [6.45, 7) is 13.1. The van der Waals surface area contributed by atoms with Crippen LogP contribution in [0, 0.1) is 6.92 Å². The molecule has 1 unspecified atom stereocenters. The minimum absolute atomic E-state index is 0.00789. The van der Waals surface area contributed by atoms with Crippen molar-refractivity contribution in [1.29, 1.82) is 0 Å². The topological polar surface area (TPSA) is 73.3 Å². The van der Waals surface area contributed by atoms with Crippen LogP contribution in [0.3, 0.4) is 0 Å². The Morgan fingerprint density at radius 1 is 1.00 bits per heavy atom. The van der Waals surface area contributed by atoms with Gasteiger partial charge in [-0.15, -0.1) is 0 Å². The Morgan fingerprint density at radius 3 is 2.18 bits per heavy atom. The summed E-state index contributed by atoms with van der Waals surface area (Å²) < 4.78 is 14.2. The first-order chi connectivity index (χ1) is 16.0. The van der Waals surface area contributed by atoms with E-state index in [1.165, 1.54) is 16.3 Å². The Balaban J connectivity index is 1.89. The van der Waals surface area contributed by atoms with E-state index in [1.807, 2.05) is 60.7 Å². The molecule has 1 atom stereocenters. The van der Waals surface area contributed by atoms with Gasteiger partial charge in [-0.05, 0) is 42.8 Å². The van der Waals surface area contributed by atoms with Gasteiger partial charge in [0.25, 0.3) is 5.56 Å². The average Bonchev–Trinajstić information content (AvgIpc) is 2.79. The van der Waals surface area contributed by atoms with Crippen LogP contribution in [0.15, 0.2) is 80.2 Å². The van der Waals surface area contributed by atoms with E-state index >= 15 is 0 Å². The molecular formula is C26H34N2O4SSi. The second kappa shape index (κ2) is 10.9. The lowest BCUT2D eigenvalue weighted by Crippen LogP contribution is -2.42. The first-order valence-corrected chi connectivity index (χ1v) is 15.1. The highest BCUT2D eigenvalue weighted by atomic mass is 32.2. The molecule has 0 saturated heterocycles. The normalized spacial score (nSPS) is 13.1. The summed E-state index contributed by atoms with van der Waals surface area (Å²) in [6.07, 6.45) is -0.357. The van der Waals surface area contributed by atoms with E-state index in [0.717, 1.165) is 10.5 Å². The van der Waals surface area contributed by atoms with Crippen molar-refractivity contribution in [3.63, 3.8) is 0 Å². The van der Waals surface area contributed by atoms with Crippen molar-refractivity contribution in [3.05, 3.63) is 92.6 Å². The van der Waals surface area contributed by atoms with Gasteiger partial charge >= 0.3 is 5.69 Å². The molecule has 0 aliphatic heterocycles. The summed E-state index contributed by atoms with van der Waals surface area (Å²) in [4.78, 5) is 28.5. The Labute approximate surface area is 206 Å². The highest BCUT2D eigenvalue weighted by Gasteiger charge is 2.37. The van der Waals surface area contributed by atoms with E-state index in [0.29, 0.717) is 17.2 Å². The predicted octanol–water partition coefficient (Wildman–Crippen LogP) is 5.73. The number of ether oxygens (including phenoxy) is 1. The molecule has 1 aromatic heterocycles. The molecule has 0 saturated carbocycles. The van der Waals surface area contributed by atoms with Gasteiger partial charge in [0.15, 0.2) is 8.32 Å². The van der Waals surface area contributed by atoms with Crippen LogP contribution in [0.5, 0.6) is 0 Å². The van der Waals surface area contributed by atoms with Crippen molar-refractivity contribution in [2.45, 2.75) is 68.6 Å². The number of rotatable bonds is 9. The van der Waals surface area contributed by atoms with E-state index in [4.69, 9.17) is 9.16 Å². The summed E-state index contributed by atoms with van der Waals surface area (Å²) >= 11 is 1.38. The number of H-pyrrole nitrogens is 1. The number of hydrogen-bond donors (Lipinski definition) is 1. The molecule has 182 valence electrons. The van der Waals surface area contributed by atoms with Crippen LogP contribution in [0.2, 0.25) is 18.1 Å². The molecule has 1 heterocycles. The third-order valence-electron chi connectivity index (χ3n) is 6.31. The van der Waals surface area contributed by atoms with Crippen molar-refractivity contribution in [3.8, 4) is 0 Å². The van der Waals surface area contributed by atoms with Gasteiger partial charge < -0.3 is 9.16 Å². The van der Waals surface area contributed by atoms with Crippen molar-refractivity contribution >= 4 is 20.1 Å². The standard InChI is InChI=1S/C26H34N2O4SSi/c1-19-23(29)27-25(30)28(24(19)33-21-15-11-8-12-16-21)18-31-22(20-13-9-7-10-14-20)17-32-34(5,6)26(2,3)4/h7-16,22H,17-18H2,1-6H3,(H,27,29,30). The van der Waals surface area contributed by atoms with Crippen LogP contribution < -0.4 is 11.2 Å². The van der Waals surface area contributed by atoms with Gasteiger partial charge in [-0.1, -0.05) is 81.1 Å². The zero-order valence-electron chi connectivity index (χ0n) is 20.8.